The summed E-state index contributed by atoms with van der Waals surface area (Å²) in [5.41, 5.74) is 0. The summed E-state index contributed by atoms with van der Waals surface area (Å²) in [5, 5.41) is 44.9. The van der Waals surface area contributed by atoms with Crippen LogP contribution in [0.1, 0.15) is 264 Å². The summed E-state index contributed by atoms with van der Waals surface area (Å²) in [4.78, 5) is 13.1. The van der Waals surface area contributed by atoms with E-state index >= 15 is 0 Å². The van der Waals surface area contributed by atoms with Gasteiger partial charge in [0, 0.05) is 6.42 Å². The van der Waals surface area contributed by atoms with Crippen molar-refractivity contribution in [3.63, 3.8) is 0 Å². The fraction of sp³-hybridized carbons (Fsp3) is 0.943. The first-order chi connectivity index (χ1) is 32.0. The van der Waals surface area contributed by atoms with Gasteiger partial charge < -0.3 is 35.2 Å². The summed E-state index contributed by atoms with van der Waals surface area (Å²) in [6, 6.07) is -0.939. The van der Waals surface area contributed by atoms with Crippen LogP contribution in [0.2, 0.25) is 0 Å². The number of allylic oxidation sites excluding steroid dienone is 1. The quantitative estimate of drug-likeness (QED) is 0.0193. The highest BCUT2D eigenvalue weighted by molar-refractivity contribution is 7.80. The first-order valence-corrected chi connectivity index (χ1v) is 28.9. The molecule has 6 N–H and O–H groups in total. The molecule has 7 unspecified atom stereocenters. The molecular formula is C53H103NO11S. The van der Waals surface area contributed by atoms with Gasteiger partial charge in [0.1, 0.15) is 24.4 Å². The van der Waals surface area contributed by atoms with Gasteiger partial charge in [-0.05, 0) is 19.3 Å². The number of hydrogen-bond acceptors (Lipinski definition) is 10. The molecule has 0 spiro atoms. The molecule has 13 heteroatoms. The number of aliphatic hydroxyl groups is 4. The van der Waals surface area contributed by atoms with E-state index in [4.69, 9.17) is 9.47 Å². The Hall–Kier alpha value is -1.16. The zero-order chi connectivity index (χ0) is 48.4. The molecule has 1 amide bonds. The summed E-state index contributed by atoms with van der Waals surface area (Å²) in [5.74, 6) is -0.257. The number of unbranched alkanes of at least 4 members (excludes halogenated alkanes) is 36. The van der Waals surface area contributed by atoms with Gasteiger partial charge in [-0.2, -0.15) is 8.42 Å². The molecule has 1 fully saturated rings. The second-order valence-electron chi connectivity index (χ2n) is 19.5. The molecule has 1 aliphatic heterocycles. The van der Waals surface area contributed by atoms with E-state index in [0.29, 0.717) is 6.42 Å². The summed E-state index contributed by atoms with van der Waals surface area (Å²) < 4.78 is 47.8. The molecule has 66 heavy (non-hydrogen) atoms. The van der Waals surface area contributed by atoms with E-state index < -0.39 is 59.9 Å². The minimum Gasteiger partial charge on any atom is -0.394 e. The van der Waals surface area contributed by atoms with Crippen molar-refractivity contribution in [2.45, 2.75) is 307 Å². The Morgan fingerprint density at radius 1 is 0.591 bits per heavy atom. The van der Waals surface area contributed by atoms with Crippen LogP contribution < -0.4 is 5.32 Å². The maximum absolute atomic E-state index is 13.1. The molecule has 12 nitrogen and oxygen atoms in total. The summed E-state index contributed by atoms with van der Waals surface area (Å²) in [7, 11) is -5.08. The Morgan fingerprint density at radius 2 is 0.955 bits per heavy atom. The normalized spacial score (nSPS) is 20.0. The molecule has 392 valence electrons. The molecule has 1 aliphatic rings. The first-order valence-electron chi connectivity index (χ1n) is 27.6. The number of nitrogens with one attached hydrogen (secondary N) is 1. The van der Waals surface area contributed by atoms with Gasteiger partial charge in [-0.3, -0.25) is 9.35 Å². The van der Waals surface area contributed by atoms with Crippen LogP contribution >= 0.6 is 0 Å². The molecule has 0 radical (unpaired) electrons. The van der Waals surface area contributed by atoms with Crippen LogP contribution in [-0.4, -0.2) is 95.4 Å². The smallest absolute Gasteiger partial charge is 0.394 e. The lowest BCUT2D eigenvalue weighted by atomic mass is 9.99. The largest absolute Gasteiger partial charge is 0.397 e. The number of carbonyl (C=O) groups is 1. The van der Waals surface area contributed by atoms with Gasteiger partial charge in [0.05, 0.1) is 25.4 Å². The number of rotatable bonds is 48. The van der Waals surface area contributed by atoms with Gasteiger partial charge in [0.15, 0.2) is 6.29 Å². The molecule has 1 rings (SSSR count). The lowest BCUT2D eigenvalue weighted by molar-refractivity contribution is -0.298. The topological polar surface area (TPSA) is 192 Å². The van der Waals surface area contributed by atoms with E-state index in [0.717, 1.165) is 38.5 Å². The zero-order valence-electron chi connectivity index (χ0n) is 42.3. The number of aliphatic hydroxyl groups excluding tert-OH is 4. The highest BCUT2D eigenvalue weighted by atomic mass is 32.3. The molecule has 0 aliphatic carbocycles. The van der Waals surface area contributed by atoms with Crippen molar-refractivity contribution in [3.05, 3.63) is 12.2 Å². The molecule has 0 saturated carbocycles. The Morgan fingerprint density at radius 3 is 1.32 bits per heavy atom. The van der Waals surface area contributed by atoms with Crippen LogP contribution in [0, 0.1) is 0 Å². The van der Waals surface area contributed by atoms with E-state index in [1.165, 1.54) is 199 Å². The fourth-order valence-electron chi connectivity index (χ4n) is 9.05. The Bertz CT molecular complexity index is 1220. The van der Waals surface area contributed by atoms with Gasteiger partial charge in [0.2, 0.25) is 5.91 Å². The monoisotopic (exact) mass is 962 g/mol. The van der Waals surface area contributed by atoms with Gasteiger partial charge in [-0.15, -0.1) is 0 Å². The third-order valence-corrected chi connectivity index (χ3v) is 13.8. The van der Waals surface area contributed by atoms with Crippen molar-refractivity contribution >= 4 is 16.3 Å². The van der Waals surface area contributed by atoms with Crippen molar-refractivity contribution in [1.82, 2.24) is 5.32 Å². The number of amides is 1. The maximum atomic E-state index is 13.1. The standard InChI is InChI=1S/C53H103NO11S/c1-3-5-7-9-11-13-15-17-19-21-22-23-24-25-26-27-28-30-32-34-36-38-40-42-47(56)46(45-63-53-51(59)52(65-66(60,61)62)50(58)48(44-55)64-53)54-49(57)43-41-39-37-35-33-31-29-20-18-16-14-12-10-8-6-4-2/h40,42,46-48,50-53,55-56,58-59H,3-39,41,43-45H2,1-2H3,(H,54,57)(H,60,61,62)/b42-40+. The van der Waals surface area contributed by atoms with Crippen LogP contribution in [0.4, 0.5) is 0 Å². The van der Waals surface area contributed by atoms with E-state index in [-0.39, 0.29) is 18.9 Å². The molecule has 0 bridgehead atoms. The Labute approximate surface area is 404 Å². The number of ether oxygens (including phenoxy) is 2. The van der Waals surface area contributed by atoms with Crippen LogP contribution in [0.5, 0.6) is 0 Å². The molecule has 0 aromatic carbocycles. The minimum absolute atomic E-state index is 0.257. The fourth-order valence-corrected chi connectivity index (χ4v) is 9.55. The second-order valence-corrected chi connectivity index (χ2v) is 20.6. The van der Waals surface area contributed by atoms with Crippen molar-refractivity contribution in [2.24, 2.45) is 0 Å². The van der Waals surface area contributed by atoms with Crippen LogP contribution in [-0.2, 0) is 28.9 Å². The molecular weight excluding hydrogens is 859 g/mol. The van der Waals surface area contributed by atoms with Crippen molar-refractivity contribution in [1.29, 1.82) is 0 Å². The second kappa shape index (κ2) is 43.8. The molecule has 1 saturated heterocycles. The predicted molar refractivity (Wildman–Crippen MR) is 269 cm³/mol. The molecule has 7 atom stereocenters. The lowest BCUT2D eigenvalue weighted by Crippen LogP contribution is -2.61. The van der Waals surface area contributed by atoms with Crippen LogP contribution in [0.15, 0.2) is 12.2 Å². The van der Waals surface area contributed by atoms with E-state index in [1.807, 2.05) is 6.08 Å². The molecule has 0 aromatic rings. The van der Waals surface area contributed by atoms with E-state index in [2.05, 4.69) is 23.3 Å². The number of carbonyl (C=O) groups excluding carboxylic acids is 1. The van der Waals surface area contributed by atoms with Crippen LogP contribution in [0.25, 0.3) is 0 Å². The average molecular weight is 962 g/mol. The van der Waals surface area contributed by atoms with Crippen molar-refractivity contribution < 1.29 is 51.8 Å². The Balaban J connectivity index is 2.40. The van der Waals surface area contributed by atoms with Gasteiger partial charge in [0.25, 0.3) is 0 Å². The third-order valence-electron chi connectivity index (χ3n) is 13.3. The minimum atomic E-state index is -5.08. The van der Waals surface area contributed by atoms with Gasteiger partial charge in [-0.1, -0.05) is 251 Å². The van der Waals surface area contributed by atoms with Crippen molar-refractivity contribution in [3.8, 4) is 0 Å². The lowest BCUT2D eigenvalue weighted by Gasteiger charge is -2.41. The SMILES string of the molecule is CCCCCCCCCCCCCCCCCCCCCCC/C=C/C(O)C(COC1OC(CO)C(O)C(OS(=O)(=O)O)C1O)NC(=O)CCCCCCCCCCCCCCCCCC. The van der Waals surface area contributed by atoms with E-state index in [1.54, 1.807) is 6.08 Å². The van der Waals surface area contributed by atoms with E-state index in [9.17, 15) is 38.2 Å². The summed E-state index contributed by atoms with van der Waals surface area (Å²) in [6.07, 6.45) is 42.5. The average Bonchev–Trinajstić information content (AvgIpc) is 3.29. The highest BCUT2D eigenvalue weighted by Crippen LogP contribution is 2.26. The summed E-state index contributed by atoms with van der Waals surface area (Å²) >= 11 is 0. The predicted octanol–water partition coefficient (Wildman–Crippen LogP) is 12.3. The third kappa shape index (κ3) is 35.9. The number of hydrogen-bond donors (Lipinski definition) is 6. The Kier molecular flexibility index (Phi) is 41.7. The summed E-state index contributed by atoms with van der Waals surface area (Å²) in [6.45, 7) is 3.43. The van der Waals surface area contributed by atoms with Gasteiger partial charge in [-0.25, -0.2) is 4.18 Å². The first kappa shape index (κ1) is 62.9. The molecule has 1 heterocycles. The van der Waals surface area contributed by atoms with Crippen LogP contribution in [0.3, 0.4) is 0 Å². The zero-order valence-corrected chi connectivity index (χ0v) is 43.1. The highest BCUT2D eigenvalue weighted by Gasteiger charge is 2.48. The maximum Gasteiger partial charge on any atom is 0.397 e. The van der Waals surface area contributed by atoms with Gasteiger partial charge >= 0.3 is 10.4 Å². The molecule has 0 aromatic heterocycles. The van der Waals surface area contributed by atoms with Crippen molar-refractivity contribution in [2.75, 3.05) is 13.2 Å².